The zero-order valence-electron chi connectivity index (χ0n) is 13.5. The van der Waals surface area contributed by atoms with Crippen molar-refractivity contribution >= 4 is 5.91 Å². The highest BCUT2D eigenvalue weighted by atomic mass is 16.5. The molecule has 0 fully saturated rings. The van der Waals surface area contributed by atoms with Gasteiger partial charge in [0.2, 0.25) is 0 Å². The van der Waals surface area contributed by atoms with Gasteiger partial charge in [-0.1, -0.05) is 43.7 Å². The third-order valence-electron chi connectivity index (χ3n) is 3.29. The molecule has 23 heavy (non-hydrogen) atoms. The molecule has 4 heteroatoms. The highest BCUT2D eigenvalue weighted by Crippen LogP contribution is 2.17. The predicted molar refractivity (Wildman–Crippen MR) is 90.6 cm³/mol. The van der Waals surface area contributed by atoms with Crippen molar-refractivity contribution in [2.24, 2.45) is 0 Å². The number of rotatable bonds is 9. The highest BCUT2D eigenvalue weighted by molar-refractivity contribution is 5.77. The first kappa shape index (κ1) is 16.9. The molecule has 0 unspecified atom stereocenters. The van der Waals surface area contributed by atoms with Crippen molar-refractivity contribution in [1.29, 1.82) is 0 Å². The van der Waals surface area contributed by atoms with Crippen LogP contribution in [0.25, 0.3) is 0 Å². The molecule has 0 aliphatic carbocycles. The molecule has 0 radical (unpaired) electrons. The van der Waals surface area contributed by atoms with E-state index in [-0.39, 0.29) is 12.5 Å². The topological polar surface area (TPSA) is 47.6 Å². The van der Waals surface area contributed by atoms with E-state index in [0.29, 0.717) is 12.3 Å². The number of hydrogen-bond donors (Lipinski definition) is 1. The van der Waals surface area contributed by atoms with Gasteiger partial charge in [0.15, 0.2) is 6.61 Å². The molecule has 0 atom stereocenters. The van der Waals surface area contributed by atoms with Crippen molar-refractivity contribution in [3.63, 3.8) is 0 Å². The van der Waals surface area contributed by atoms with Crippen molar-refractivity contribution < 1.29 is 14.3 Å². The summed E-state index contributed by atoms with van der Waals surface area (Å²) in [6, 6.07) is 17.1. The molecular formula is C19H23NO3. The van der Waals surface area contributed by atoms with E-state index in [9.17, 15) is 4.79 Å². The number of unbranched alkanes of at least 4 members (excludes halogenated alkanes) is 1. The second-order valence-corrected chi connectivity index (χ2v) is 5.22. The maximum absolute atomic E-state index is 11.8. The molecule has 122 valence electrons. The Bertz CT molecular complexity index is 581. The van der Waals surface area contributed by atoms with E-state index in [1.807, 2.05) is 54.6 Å². The molecule has 0 aliphatic rings. The fraction of sp³-hybridized carbons (Fsp3) is 0.316. The fourth-order valence-corrected chi connectivity index (χ4v) is 1.96. The van der Waals surface area contributed by atoms with Crippen LogP contribution in [0.15, 0.2) is 54.6 Å². The van der Waals surface area contributed by atoms with Gasteiger partial charge in [-0.2, -0.15) is 0 Å². The van der Waals surface area contributed by atoms with E-state index in [0.717, 1.165) is 30.8 Å². The summed E-state index contributed by atoms with van der Waals surface area (Å²) >= 11 is 0. The van der Waals surface area contributed by atoms with Crippen molar-refractivity contribution in [2.75, 3.05) is 13.2 Å². The molecule has 0 aromatic heterocycles. The van der Waals surface area contributed by atoms with Crippen molar-refractivity contribution in [3.8, 4) is 11.5 Å². The summed E-state index contributed by atoms with van der Waals surface area (Å²) in [6.07, 6.45) is 2.15. The Morgan fingerprint density at radius 2 is 1.61 bits per heavy atom. The van der Waals surface area contributed by atoms with Gasteiger partial charge in [-0.05, 0) is 36.2 Å². The number of amides is 1. The zero-order valence-corrected chi connectivity index (χ0v) is 13.5. The Balaban J connectivity index is 1.69. The fourth-order valence-electron chi connectivity index (χ4n) is 1.96. The second kappa shape index (κ2) is 9.51. The molecule has 2 aromatic rings. The third-order valence-corrected chi connectivity index (χ3v) is 3.29. The van der Waals surface area contributed by atoms with Crippen LogP contribution in [0.2, 0.25) is 0 Å². The summed E-state index contributed by atoms with van der Waals surface area (Å²) in [5.41, 5.74) is 1.06. The van der Waals surface area contributed by atoms with E-state index >= 15 is 0 Å². The molecule has 0 spiro atoms. The summed E-state index contributed by atoms with van der Waals surface area (Å²) in [5.74, 6) is 1.33. The number of hydrogen-bond acceptors (Lipinski definition) is 3. The quantitative estimate of drug-likeness (QED) is 0.720. The molecule has 0 aliphatic heterocycles. The molecule has 0 saturated carbocycles. The lowest BCUT2D eigenvalue weighted by molar-refractivity contribution is -0.123. The molecule has 4 nitrogen and oxygen atoms in total. The number of nitrogens with one attached hydrogen (secondary N) is 1. The van der Waals surface area contributed by atoms with Gasteiger partial charge in [-0.3, -0.25) is 4.79 Å². The molecule has 2 rings (SSSR count). The third kappa shape index (κ3) is 6.43. The first-order valence-electron chi connectivity index (χ1n) is 7.94. The molecule has 2 aromatic carbocycles. The van der Waals surface area contributed by atoms with Crippen LogP contribution in [0.4, 0.5) is 0 Å². The van der Waals surface area contributed by atoms with Gasteiger partial charge in [-0.25, -0.2) is 0 Å². The van der Waals surface area contributed by atoms with Crippen LogP contribution in [0, 0.1) is 0 Å². The minimum Gasteiger partial charge on any atom is -0.494 e. The van der Waals surface area contributed by atoms with E-state index in [1.165, 1.54) is 0 Å². The van der Waals surface area contributed by atoms with E-state index in [1.54, 1.807) is 0 Å². The van der Waals surface area contributed by atoms with E-state index in [4.69, 9.17) is 9.47 Å². The van der Waals surface area contributed by atoms with Crippen LogP contribution in [-0.4, -0.2) is 19.1 Å². The normalized spacial score (nSPS) is 10.1. The number of ether oxygens (including phenoxy) is 2. The van der Waals surface area contributed by atoms with Crippen LogP contribution >= 0.6 is 0 Å². The van der Waals surface area contributed by atoms with Gasteiger partial charge in [0.25, 0.3) is 5.91 Å². The Morgan fingerprint density at radius 1 is 0.957 bits per heavy atom. The summed E-state index contributed by atoms with van der Waals surface area (Å²) in [4.78, 5) is 11.8. The summed E-state index contributed by atoms with van der Waals surface area (Å²) in [7, 11) is 0. The highest BCUT2D eigenvalue weighted by Gasteiger charge is 2.03. The molecular weight excluding hydrogens is 290 g/mol. The number of carbonyl (C=O) groups excluding carboxylic acids is 1. The van der Waals surface area contributed by atoms with Gasteiger partial charge >= 0.3 is 0 Å². The number of carbonyl (C=O) groups is 1. The minimum absolute atomic E-state index is 0.00285. The molecule has 0 bridgehead atoms. The Labute approximate surface area is 137 Å². The van der Waals surface area contributed by atoms with Crippen LogP contribution in [0.3, 0.4) is 0 Å². The van der Waals surface area contributed by atoms with E-state index < -0.39 is 0 Å². The van der Waals surface area contributed by atoms with E-state index in [2.05, 4.69) is 12.2 Å². The summed E-state index contributed by atoms with van der Waals surface area (Å²) in [6.45, 7) is 3.36. The predicted octanol–water partition coefficient (Wildman–Crippen LogP) is 3.56. The minimum atomic E-state index is -0.142. The first-order valence-corrected chi connectivity index (χ1v) is 7.94. The van der Waals surface area contributed by atoms with Gasteiger partial charge in [0.05, 0.1) is 6.61 Å². The average molecular weight is 313 g/mol. The lowest BCUT2D eigenvalue weighted by Gasteiger charge is -2.09. The maximum atomic E-state index is 11.8. The van der Waals surface area contributed by atoms with Crippen molar-refractivity contribution in [2.45, 2.75) is 26.3 Å². The zero-order chi connectivity index (χ0) is 16.3. The Morgan fingerprint density at radius 3 is 2.26 bits per heavy atom. The maximum Gasteiger partial charge on any atom is 0.258 e. The van der Waals surface area contributed by atoms with Gasteiger partial charge < -0.3 is 14.8 Å². The van der Waals surface area contributed by atoms with Crippen molar-refractivity contribution in [3.05, 3.63) is 60.2 Å². The summed E-state index contributed by atoms with van der Waals surface area (Å²) in [5, 5.41) is 2.83. The van der Waals surface area contributed by atoms with Gasteiger partial charge in [0.1, 0.15) is 11.5 Å². The Hall–Kier alpha value is -2.49. The average Bonchev–Trinajstić information content (AvgIpc) is 2.60. The first-order chi connectivity index (χ1) is 11.3. The molecule has 0 heterocycles. The van der Waals surface area contributed by atoms with Gasteiger partial charge in [0, 0.05) is 6.54 Å². The number of benzene rings is 2. The Kier molecular flexibility index (Phi) is 6.98. The lowest BCUT2D eigenvalue weighted by atomic mass is 10.2. The molecule has 0 saturated heterocycles. The van der Waals surface area contributed by atoms with Gasteiger partial charge in [-0.15, -0.1) is 0 Å². The van der Waals surface area contributed by atoms with Crippen LogP contribution < -0.4 is 14.8 Å². The summed E-state index contributed by atoms with van der Waals surface area (Å²) < 4.78 is 11.0. The lowest BCUT2D eigenvalue weighted by Crippen LogP contribution is -2.28. The SMILES string of the molecule is CCCCOc1ccc(OCC(=O)NCc2ccccc2)cc1. The van der Waals surface area contributed by atoms with Crippen molar-refractivity contribution in [1.82, 2.24) is 5.32 Å². The van der Waals surface area contributed by atoms with Crippen LogP contribution in [0.1, 0.15) is 25.3 Å². The molecule has 1 N–H and O–H groups in total. The smallest absolute Gasteiger partial charge is 0.258 e. The monoisotopic (exact) mass is 313 g/mol. The second-order valence-electron chi connectivity index (χ2n) is 5.22. The van der Waals surface area contributed by atoms with Crippen LogP contribution in [-0.2, 0) is 11.3 Å². The standard InChI is InChI=1S/C19H23NO3/c1-2-3-13-22-17-9-11-18(12-10-17)23-15-19(21)20-14-16-7-5-4-6-8-16/h4-12H,2-3,13-15H2,1H3,(H,20,21). The van der Waals surface area contributed by atoms with Crippen LogP contribution in [0.5, 0.6) is 11.5 Å². The molecule has 1 amide bonds. The largest absolute Gasteiger partial charge is 0.494 e.